The van der Waals surface area contributed by atoms with E-state index < -0.39 is 5.92 Å². The van der Waals surface area contributed by atoms with E-state index in [9.17, 15) is 10.1 Å². The van der Waals surface area contributed by atoms with Crippen LogP contribution in [0.15, 0.2) is 28.2 Å². The molecule has 0 N–H and O–H groups in total. The molecule has 1 fully saturated rings. The van der Waals surface area contributed by atoms with Crippen LogP contribution >= 0.6 is 11.8 Å². The van der Waals surface area contributed by atoms with E-state index in [1.165, 1.54) is 34.9 Å². The minimum Gasteiger partial charge on any atom is -0.271 e. The maximum Gasteiger partial charge on any atom is 0.271 e. The van der Waals surface area contributed by atoms with Gasteiger partial charge in [-0.1, -0.05) is 54.8 Å². The number of thioether (sulfide) groups is 1. The van der Waals surface area contributed by atoms with Crippen molar-refractivity contribution in [2.75, 3.05) is 0 Å². The molecule has 1 aromatic rings. The Kier molecular flexibility index (Phi) is 5.70. The fourth-order valence-corrected chi connectivity index (χ4v) is 4.41. The molecule has 1 atom stereocenters. The molecule has 3 rings (SSSR count). The zero-order valence-electron chi connectivity index (χ0n) is 14.8. The predicted octanol–water partition coefficient (Wildman–Crippen LogP) is 4.59. The molecule has 0 spiro atoms. The highest BCUT2D eigenvalue weighted by Crippen LogP contribution is 2.31. The van der Waals surface area contributed by atoms with Crippen molar-refractivity contribution >= 4 is 28.5 Å². The van der Waals surface area contributed by atoms with Gasteiger partial charge in [-0.15, -0.1) is 0 Å². The summed E-state index contributed by atoms with van der Waals surface area (Å²) < 4.78 is 0. The quantitative estimate of drug-likeness (QED) is 0.798. The van der Waals surface area contributed by atoms with Crippen LogP contribution in [0.1, 0.15) is 48.8 Å². The van der Waals surface area contributed by atoms with E-state index in [1.54, 1.807) is 0 Å². The molecule has 2 aliphatic rings. The first kappa shape index (κ1) is 17.9. The van der Waals surface area contributed by atoms with E-state index in [1.807, 2.05) is 0 Å². The van der Waals surface area contributed by atoms with Crippen LogP contribution < -0.4 is 0 Å². The molecule has 0 saturated heterocycles. The fourth-order valence-electron chi connectivity index (χ4n) is 3.49. The van der Waals surface area contributed by atoms with Crippen LogP contribution in [0.5, 0.6) is 0 Å². The highest BCUT2D eigenvalue weighted by atomic mass is 32.2. The van der Waals surface area contributed by atoms with Crippen molar-refractivity contribution in [1.82, 2.24) is 0 Å². The molecule has 4 nitrogen and oxygen atoms in total. The minimum absolute atomic E-state index is 0.258. The van der Waals surface area contributed by atoms with E-state index in [2.05, 4.69) is 48.1 Å². The maximum absolute atomic E-state index is 12.3. The van der Waals surface area contributed by atoms with Gasteiger partial charge in [0.15, 0.2) is 11.1 Å². The van der Waals surface area contributed by atoms with Gasteiger partial charge in [-0.25, -0.2) is 4.99 Å². The number of amides is 1. The molecule has 130 valence electrons. The molecule has 1 aliphatic carbocycles. The lowest BCUT2D eigenvalue weighted by Crippen LogP contribution is -2.33. The highest BCUT2D eigenvalue weighted by Gasteiger charge is 2.34. The van der Waals surface area contributed by atoms with E-state index in [0.29, 0.717) is 5.17 Å². The second-order valence-electron chi connectivity index (χ2n) is 6.88. The highest BCUT2D eigenvalue weighted by molar-refractivity contribution is 8.13. The molecule has 1 unspecified atom stereocenters. The maximum atomic E-state index is 12.3. The molecule has 25 heavy (non-hydrogen) atoms. The Balaban J connectivity index is 1.78. The third-order valence-corrected chi connectivity index (χ3v) is 5.88. The predicted molar refractivity (Wildman–Crippen MR) is 103 cm³/mol. The van der Waals surface area contributed by atoms with E-state index in [4.69, 9.17) is 0 Å². The molecule has 1 saturated carbocycles. The van der Waals surface area contributed by atoms with Gasteiger partial charge in [0.25, 0.3) is 5.91 Å². The number of hydrogen-bond donors (Lipinski definition) is 0. The number of amidine groups is 1. The third-order valence-electron chi connectivity index (χ3n) is 4.99. The lowest BCUT2D eigenvalue weighted by Gasteiger charge is -2.26. The van der Waals surface area contributed by atoms with Gasteiger partial charge in [-0.3, -0.25) is 4.79 Å². The number of nitrogens with zero attached hydrogens (tertiary/aromatic N) is 3. The average Bonchev–Trinajstić information content (AvgIpc) is 2.62. The third kappa shape index (κ3) is 4.19. The molecule has 1 aromatic carbocycles. The Morgan fingerprint density at radius 3 is 2.68 bits per heavy atom. The largest absolute Gasteiger partial charge is 0.271 e. The summed E-state index contributed by atoms with van der Waals surface area (Å²) in [5.41, 5.74) is 4.44. The number of benzene rings is 1. The van der Waals surface area contributed by atoms with Crippen LogP contribution in [0.25, 0.3) is 0 Å². The average molecular weight is 353 g/mol. The second kappa shape index (κ2) is 7.97. The zero-order valence-corrected chi connectivity index (χ0v) is 15.6. The lowest BCUT2D eigenvalue weighted by atomic mass is 9.81. The monoisotopic (exact) mass is 353 g/mol. The van der Waals surface area contributed by atoms with Crippen molar-refractivity contribution in [2.45, 2.75) is 51.7 Å². The molecular formula is C20H23N3OS. The van der Waals surface area contributed by atoms with E-state index in [0.717, 1.165) is 37.1 Å². The van der Waals surface area contributed by atoms with Crippen molar-refractivity contribution in [2.24, 2.45) is 21.8 Å². The summed E-state index contributed by atoms with van der Waals surface area (Å²) in [6, 6.07) is 8.49. The van der Waals surface area contributed by atoms with Crippen molar-refractivity contribution in [3.63, 3.8) is 0 Å². The molecule has 5 heteroatoms. The van der Waals surface area contributed by atoms with Crippen LogP contribution in [0, 0.1) is 37.0 Å². The Morgan fingerprint density at radius 2 is 1.96 bits per heavy atom. The van der Waals surface area contributed by atoms with Gasteiger partial charge in [0.05, 0.1) is 11.8 Å². The summed E-state index contributed by atoms with van der Waals surface area (Å²) in [4.78, 5) is 21.1. The summed E-state index contributed by atoms with van der Waals surface area (Å²) in [6.07, 6.45) is 5.59. The molecular weight excluding hydrogens is 330 g/mol. The summed E-state index contributed by atoms with van der Waals surface area (Å²) in [5, 5.41) is 9.91. The van der Waals surface area contributed by atoms with Crippen molar-refractivity contribution in [1.29, 1.82) is 5.26 Å². The number of aryl methyl sites for hydroxylation is 2. The topological polar surface area (TPSA) is 65.6 Å². The zero-order chi connectivity index (χ0) is 17.8. The fraction of sp³-hybridized carbons (Fsp3) is 0.500. The number of carbonyl (C=O) groups is 1. The number of aliphatic imine (C=N–C) groups is 2. The van der Waals surface area contributed by atoms with Gasteiger partial charge in [-0.2, -0.15) is 10.3 Å². The first-order chi connectivity index (χ1) is 12.1. The van der Waals surface area contributed by atoms with Gasteiger partial charge >= 0.3 is 0 Å². The standard InChI is InChI=1S/C20H23N3OS/c1-13-8-9-14(2)16(10-13)12-25-20-22-18(15-6-4-3-5-7-15)17(11-21)19(24)23-20/h8-10,15,17H,3-7,12H2,1-2H3. The Labute approximate surface area is 153 Å². The first-order valence-corrected chi connectivity index (χ1v) is 9.86. The Bertz CT molecular complexity index is 770. The summed E-state index contributed by atoms with van der Waals surface area (Å²) in [7, 11) is 0. The van der Waals surface area contributed by atoms with Crippen molar-refractivity contribution < 1.29 is 4.79 Å². The normalized spacial score (nSPS) is 21.5. The second-order valence-corrected chi connectivity index (χ2v) is 7.83. The molecule has 0 aromatic heterocycles. The minimum atomic E-state index is -0.784. The number of hydrogen-bond acceptors (Lipinski definition) is 4. The molecule has 1 amide bonds. The van der Waals surface area contributed by atoms with Gasteiger partial charge < -0.3 is 0 Å². The van der Waals surface area contributed by atoms with Crippen LogP contribution in [-0.2, 0) is 10.5 Å². The first-order valence-electron chi connectivity index (χ1n) is 8.88. The number of rotatable bonds is 3. The van der Waals surface area contributed by atoms with Crippen molar-refractivity contribution in [3.8, 4) is 6.07 Å². The van der Waals surface area contributed by atoms with E-state index >= 15 is 0 Å². The Hall–Kier alpha value is -1.93. The summed E-state index contributed by atoms with van der Waals surface area (Å²) in [5.74, 6) is -0.137. The smallest absolute Gasteiger partial charge is 0.271 e. The van der Waals surface area contributed by atoms with Gasteiger partial charge in [0.1, 0.15) is 0 Å². The van der Waals surface area contributed by atoms with Gasteiger partial charge in [0, 0.05) is 5.75 Å². The van der Waals surface area contributed by atoms with Crippen LogP contribution in [0.3, 0.4) is 0 Å². The molecule has 0 radical (unpaired) electrons. The summed E-state index contributed by atoms with van der Waals surface area (Å²) >= 11 is 1.49. The van der Waals surface area contributed by atoms with E-state index in [-0.39, 0.29) is 11.8 Å². The van der Waals surface area contributed by atoms with Crippen LogP contribution in [0.4, 0.5) is 0 Å². The number of nitriles is 1. The summed E-state index contributed by atoms with van der Waals surface area (Å²) in [6.45, 7) is 4.16. The molecule has 0 bridgehead atoms. The van der Waals surface area contributed by atoms with Gasteiger partial charge in [0.2, 0.25) is 0 Å². The number of carbonyl (C=O) groups excluding carboxylic acids is 1. The van der Waals surface area contributed by atoms with Crippen LogP contribution in [0.2, 0.25) is 0 Å². The van der Waals surface area contributed by atoms with Crippen molar-refractivity contribution in [3.05, 3.63) is 34.9 Å². The molecule has 1 aliphatic heterocycles. The van der Waals surface area contributed by atoms with Crippen LogP contribution in [-0.4, -0.2) is 16.8 Å². The molecule has 1 heterocycles. The SMILES string of the molecule is Cc1ccc(C)c(CSC2=NC(=O)C(C#N)C(C3CCCCC3)=N2)c1. The van der Waals surface area contributed by atoms with Gasteiger partial charge in [-0.05, 0) is 43.7 Å². The Morgan fingerprint density at radius 1 is 1.20 bits per heavy atom. The lowest BCUT2D eigenvalue weighted by molar-refractivity contribution is -0.118.